The Balaban J connectivity index is 1.13. The number of rotatable bonds is 2. The number of para-hydroxylation sites is 3. The highest BCUT2D eigenvalue weighted by molar-refractivity contribution is 6.90. The van der Waals surface area contributed by atoms with Crippen molar-refractivity contribution in [3.63, 3.8) is 0 Å². The molecular formula is C51H31BN2. The van der Waals surface area contributed by atoms with Crippen molar-refractivity contribution in [3.05, 3.63) is 199 Å². The fourth-order valence-corrected chi connectivity index (χ4v) is 10.5. The molecule has 1 aromatic heterocycles. The maximum absolute atomic E-state index is 2.65. The number of nitrogens with zero attached hydrogens (tertiary/aromatic N) is 2. The SMILES string of the molecule is c1ccc(C2c3ccccc3-c3c2ccc2cc4cc5c(cc4cc32)N(c2ccccc2)c2cccc3c2B5n2c4ccccc4c4cccc-3c42)cc1. The number of aromatic nitrogens is 1. The molecule has 13 rings (SSSR count). The zero-order chi connectivity index (χ0) is 35.1. The molecule has 0 N–H and O–H groups in total. The molecule has 0 spiro atoms. The fraction of sp³-hybridized carbons (Fsp3) is 0.0196. The molecule has 2 nitrogen and oxygen atoms in total. The highest BCUT2D eigenvalue weighted by atomic mass is 15.2. The van der Waals surface area contributed by atoms with Crippen molar-refractivity contribution in [2.24, 2.45) is 0 Å². The number of benzene rings is 9. The van der Waals surface area contributed by atoms with Crippen LogP contribution in [0.25, 0.3) is 65.6 Å². The molecule has 0 amide bonds. The second-order valence-electron chi connectivity index (χ2n) is 15.2. The lowest BCUT2D eigenvalue weighted by Crippen LogP contribution is -2.56. The molecule has 3 heteroatoms. The molecule has 54 heavy (non-hydrogen) atoms. The summed E-state index contributed by atoms with van der Waals surface area (Å²) in [5, 5.41) is 7.76. The Bertz CT molecular complexity index is 3230. The van der Waals surface area contributed by atoms with Gasteiger partial charge < -0.3 is 9.38 Å². The monoisotopic (exact) mass is 682 g/mol. The van der Waals surface area contributed by atoms with Crippen LogP contribution in [0.4, 0.5) is 17.1 Å². The van der Waals surface area contributed by atoms with E-state index >= 15 is 0 Å². The van der Waals surface area contributed by atoms with E-state index < -0.39 is 0 Å². The highest BCUT2D eigenvalue weighted by Gasteiger charge is 2.42. The Morgan fingerprint density at radius 2 is 1.17 bits per heavy atom. The summed E-state index contributed by atoms with van der Waals surface area (Å²) >= 11 is 0. The average Bonchev–Trinajstić information content (AvgIpc) is 3.75. The lowest BCUT2D eigenvalue weighted by Gasteiger charge is -2.40. The van der Waals surface area contributed by atoms with Crippen LogP contribution in [0.5, 0.6) is 0 Å². The third kappa shape index (κ3) is 3.61. The van der Waals surface area contributed by atoms with E-state index in [-0.39, 0.29) is 12.8 Å². The van der Waals surface area contributed by atoms with Gasteiger partial charge in [-0.2, -0.15) is 0 Å². The minimum Gasteiger partial charge on any atom is -0.375 e. The van der Waals surface area contributed by atoms with Gasteiger partial charge in [0.2, 0.25) is 0 Å². The standard InChI is InChI=1S/C51H31BN2/c1-3-13-31(14-4-1)48-37-18-7-8-19-38(37)49-42(48)26-25-32-27-33-29-44-47(30-34(33)28-43(32)49)53(35-15-5-2-6-16-35)46-24-12-20-39-41-22-11-21-40-36-17-9-10-23-45(36)54(51(40)41)52(44)50(39)46/h1-30,48H. The van der Waals surface area contributed by atoms with Gasteiger partial charge in [-0.25, -0.2) is 0 Å². The predicted octanol–water partition coefficient (Wildman–Crippen LogP) is 11.7. The molecule has 3 heterocycles. The first-order chi connectivity index (χ1) is 26.8. The smallest absolute Gasteiger partial charge is 0.333 e. The number of hydrogen-bond donors (Lipinski definition) is 0. The summed E-state index contributed by atoms with van der Waals surface area (Å²) in [5.74, 6) is 0.225. The van der Waals surface area contributed by atoms with E-state index in [1.165, 1.54) is 110 Å². The molecule has 10 aromatic rings. The second kappa shape index (κ2) is 10.4. The van der Waals surface area contributed by atoms with Crippen LogP contribution in [-0.2, 0) is 0 Å². The first-order valence-corrected chi connectivity index (χ1v) is 19.0. The summed E-state index contributed by atoms with van der Waals surface area (Å²) in [5.41, 5.74) is 18.5. The molecule has 2 aliphatic heterocycles. The molecule has 0 saturated carbocycles. The minimum absolute atomic E-state index is 0.0297. The summed E-state index contributed by atoms with van der Waals surface area (Å²) in [6.07, 6.45) is 0. The van der Waals surface area contributed by atoms with Crippen molar-refractivity contribution in [1.29, 1.82) is 0 Å². The van der Waals surface area contributed by atoms with E-state index in [2.05, 4.69) is 191 Å². The molecule has 0 saturated heterocycles. The summed E-state index contributed by atoms with van der Waals surface area (Å²) < 4.78 is 2.65. The lowest BCUT2D eigenvalue weighted by molar-refractivity contribution is 1.02. The van der Waals surface area contributed by atoms with Crippen molar-refractivity contribution in [3.8, 4) is 22.3 Å². The second-order valence-corrected chi connectivity index (χ2v) is 15.2. The molecule has 1 aliphatic carbocycles. The van der Waals surface area contributed by atoms with Gasteiger partial charge in [0.25, 0.3) is 0 Å². The fourth-order valence-electron chi connectivity index (χ4n) is 10.5. The van der Waals surface area contributed by atoms with Crippen molar-refractivity contribution in [2.75, 3.05) is 4.90 Å². The Labute approximate surface area is 313 Å². The van der Waals surface area contributed by atoms with Gasteiger partial charge in [0.05, 0.1) is 0 Å². The zero-order valence-corrected chi connectivity index (χ0v) is 29.4. The largest absolute Gasteiger partial charge is 0.375 e. The quantitative estimate of drug-likeness (QED) is 0.130. The van der Waals surface area contributed by atoms with Gasteiger partial charge in [-0.3, -0.25) is 0 Å². The van der Waals surface area contributed by atoms with E-state index in [1.807, 2.05) is 0 Å². The molecule has 0 radical (unpaired) electrons. The molecule has 0 bridgehead atoms. The van der Waals surface area contributed by atoms with Crippen LogP contribution in [-0.4, -0.2) is 11.3 Å². The van der Waals surface area contributed by atoms with Gasteiger partial charge >= 0.3 is 6.85 Å². The van der Waals surface area contributed by atoms with Gasteiger partial charge in [-0.15, -0.1) is 0 Å². The van der Waals surface area contributed by atoms with Crippen molar-refractivity contribution in [1.82, 2.24) is 4.48 Å². The van der Waals surface area contributed by atoms with E-state index in [0.717, 1.165) is 0 Å². The topological polar surface area (TPSA) is 8.17 Å². The molecule has 248 valence electrons. The van der Waals surface area contributed by atoms with Crippen LogP contribution in [0, 0.1) is 0 Å². The molecular weight excluding hydrogens is 651 g/mol. The Morgan fingerprint density at radius 3 is 2.07 bits per heavy atom. The van der Waals surface area contributed by atoms with Crippen molar-refractivity contribution in [2.45, 2.75) is 5.92 Å². The van der Waals surface area contributed by atoms with Crippen LogP contribution in [0.1, 0.15) is 22.6 Å². The Kier molecular flexibility index (Phi) is 5.53. The van der Waals surface area contributed by atoms with Crippen LogP contribution in [0.15, 0.2) is 182 Å². The number of fused-ring (bicyclic) bond motifs is 13. The zero-order valence-electron chi connectivity index (χ0n) is 29.4. The first-order valence-electron chi connectivity index (χ1n) is 19.0. The number of anilines is 3. The highest BCUT2D eigenvalue weighted by Crippen LogP contribution is 2.52. The lowest BCUT2D eigenvalue weighted by atomic mass is 9.45. The van der Waals surface area contributed by atoms with Crippen LogP contribution < -0.4 is 15.8 Å². The normalized spacial score (nSPS) is 14.8. The molecule has 0 fully saturated rings. The third-order valence-electron chi connectivity index (χ3n) is 12.6. The minimum atomic E-state index is 0.0297. The van der Waals surface area contributed by atoms with E-state index in [1.54, 1.807) is 0 Å². The van der Waals surface area contributed by atoms with Crippen LogP contribution >= 0.6 is 0 Å². The van der Waals surface area contributed by atoms with E-state index in [4.69, 9.17) is 0 Å². The van der Waals surface area contributed by atoms with Gasteiger partial charge in [-0.05, 0) is 108 Å². The average molecular weight is 683 g/mol. The van der Waals surface area contributed by atoms with Crippen LogP contribution in [0.3, 0.4) is 0 Å². The predicted molar refractivity (Wildman–Crippen MR) is 228 cm³/mol. The summed E-state index contributed by atoms with van der Waals surface area (Å²) in [6, 6.07) is 68.4. The van der Waals surface area contributed by atoms with Gasteiger partial charge in [-0.1, -0.05) is 140 Å². The van der Waals surface area contributed by atoms with Gasteiger partial charge in [0, 0.05) is 50.3 Å². The van der Waals surface area contributed by atoms with E-state index in [9.17, 15) is 0 Å². The van der Waals surface area contributed by atoms with Crippen molar-refractivity contribution < 1.29 is 0 Å². The first kappa shape index (κ1) is 28.7. The van der Waals surface area contributed by atoms with E-state index in [0.29, 0.717) is 0 Å². The molecule has 1 unspecified atom stereocenters. The summed E-state index contributed by atoms with van der Waals surface area (Å²) in [7, 11) is 0. The maximum Gasteiger partial charge on any atom is 0.333 e. The molecule has 9 aromatic carbocycles. The van der Waals surface area contributed by atoms with Gasteiger partial charge in [0.1, 0.15) is 0 Å². The molecule has 3 aliphatic rings. The Hall–Kier alpha value is -6.84. The molecule has 1 atom stereocenters. The van der Waals surface area contributed by atoms with Crippen molar-refractivity contribution >= 4 is 78.2 Å². The third-order valence-corrected chi connectivity index (χ3v) is 12.6. The summed E-state index contributed by atoms with van der Waals surface area (Å²) in [4.78, 5) is 2.52. The van der Waals surface area contributed by atoms with Crippen LogP contribution in [0.2, 0.25) is 0 Å². The number of hydrogen-bond acceptors (Lipinski definition) is 1. The Morgan fingerprint density at radius 1 is 0.444 bits per heavy atom. The maximum atomic E-state index is 2.65. The van der Waals surface area contributed by atoms with Gasteiger partial charge in [0.15, 0.2) is 0 Å². The summed E-state index contributed by atoms with van der Waals surface area (Å²) in [6.45, 7) is 0.0297.